The minimum absolute atomic E-state index is 0.0829. The lowest BCUT2D eigenvalue weighted by molar-refractivity contribution is -0.118. The van der Waals surface area contributed by atoms with E-state index in [9.17, 15) is 9.59 Å². The van der Waals surface area contributed by atoms with Crippen LogP contribution in [-0.4, -0.2) is 45.4 Å². The molecular weight excluding hydrogens is 274 g/mol. The smallest absolute Gasteiger partial charge is 0.432 e. The molecule has 0 bridgehead atoms. The molecule has 0 heterocycles. The number of hydrogen-bond acceptors (Lipinski definition) is 6. The normalized spacial score (nSPS) is 11.8. The third-order valence-corrected chi connectivity index (χ3v) is 2.91. The van der Waals surface area contributed by atoms with Crippen LogP contribution < -0.4 is 10.1 Å². The SMILES string of the molecule is CN[C@@H](Cc1ccc(OC(=O)OCCOC)cc1)C(C)=O. The molecule has 0 fully saturated rings. The van der Waals surface area contributed by atoms with Crippen LogP contribution in [0, 0.1) is 0 Å². The average molecular weight is 295 g/mol. The number of ether oxygens (including phenoxy) is 3. The fourth-order valence-corrected chi connectivity index (χ4v) is 1.71. The van der Waals surface area contributed by atoms with E-state index in [1.807, 2.05) is 12.1 Å². The molecule has 0 saturated carbocycles. The van der Waals surface area contributed by atoms with Gasteiger partial charge in [0.05, 0.1) is 12.6 Å². The van der Waals surface area contributed by atoms with Crippen molar-refractivity contribution in [1.29, 1.82) is 0 Å². The number of Topliss-reactive ketones (excluding diaryl/α,β-unsaturated/α-hetero) is 1. The van der Waals surface area contributed by atoms with Crippen molar-refractivity contribution in [3.63, 3.8) is 0 Å². The van der Waals surface area contributed by atoms with Gasteiger partial charge in [-0.3, -0.25) is 4.79 Å². The molecule has 0 aromatic heterocycles. The van der Waals surface area contributed by atoms with Crippen LogP contribution >= 0.6 is 0 Å². The topological polar surface area (TPSA) is 73.9 Å². The third kappa shape index (κ3) is 6.37. The molecule has 1 rings (SSSR count). The van der Waals surface area contributed by atoms with Crippen molar-refractivity contribution >= 4 is 11.9 Å². The van der Waals surface area contributed by atoms with E-state index in [1.54, 1.807) is 26.1 Å². The minimum Gasteiger partial charge on any atom is -0.432 e. The molecule has 1 N–H and O–H groups in total. The molecule has 21 heavy (non-hydrogen) atoms. The Bertz CT molecular complexity index is 458. The minimum atomic E-state index is -0.767. The second-order valence-electron chi connectivity index (χ2n) is 4.49. The fourth-order valence-electron chi connectivity index (χ4n) is 1.71. The lowest BCUT2D eigenvalue weighted by atomic mass is 10.0. The molecule has 0 spiro atoms. The van der Waals surface area contributed by atoms with Crippen molar-refractivity contribution in [3.05, 3.63) is 29.8 Å². The number of nitrogens with one attached hydrogen (secondary N) is 1. The van der Waals surface area contributed by atoms with E-state index >= 15 is 0 Å². The first-order valence-electron chi connectivity index (χ1n) is 6.67. The van der Waals surface area contributed by atoms with Gasteiger partial charge in [0.15, 0.2) is 0 Å². The van der Waals surface area contributed by atoms with Crippen molar-refractivity contribution in [2.45, 2.75) is 19.4 Å². The van der Waals surface area contributed by atoms with E-state index in [0.29, 0.717) is 18.8 Å². The van der Waals surface area contributed by atoms with Crippen LogP contribution in [0.2, 0.25) is 0 Å². The summed E-state index contributed by atoms with van der Waals surface area (Å²) in [7, 11) is 3.27. The maximum atomic E-state index is 11.4. The highest BCUT2D eigenvalue weighted by Gasteiger charge is 2.12. The Morgan fingerprint density at radius 2 is 1.86 bits per heavy atom. The van der Waals surface area contributed by atoms with E-state index in [0.717, 1.165) is 5.56 Å². The van der Waals surface area contributed by atoms with Crippen molar-refractivity contribution in [2.24, 2.45) is 0 Å². The van der Waals surface area contributed by atoms with Gasteiger partial charge in [-0.1, -0.05) is 12.1 Å². The first kappa shape index (κ1) is 17.1. The Morgan fingerprint density at radius 3 is 2.38 bits per heavy atom. The predicted octanol–water partition coefficient (Wildman–Crippen LogP) is 1.57. The highest BCUT2D eigenvalue weighted by atomic mass is 16.7. The first-order chi connectivity index (χ1) is 10.1. The van der Waals surface area contributed by atoms with Gasteiger partial charge < -0.3 is 19.5 Å². The summed E-state index contributed by atoms with van der Waals surface area (Å²) in [6.07, 6.45) is -0.179. The van der Waals surface area contributed by atoms with Gasteiger partial charge in [0, 0.05) is 7.11 Å². The molecule has 0 saturated heterocycles. The van der Waals surface area contributed by atoms with Crippen LogP contribution in [0.1, 0.15) is 12.5 Å². The van der Waals surface area contributed by atoms with Crippen molar-refractivity contribution in [1.82, 2.24) is 5.32 Å². The zero-order valence-electron chi connectivity index (χ0n) is 12.5. The van der Waals surface area contributed by atoms with Gasteiger partial charge in [-0.25, -0.2) is 4.79 Å². The summed E-state index contributed by atoms with van der Waals surface area (Å²) in [6.45, 7) is 2.02. The van der Waals surface area contributed by atoms with Gasteiger partial charge in [0.2, 0.25) is 0 Å². The summed E-state index contributed by atoms with van der Waals surface area (Å²) in [6, 6.07) is 6.74. The largest absolute Gasteiger partial charge is 0.513 e. The van der Waals surface area contributed by atoms with Crippen LogP contribution in [-0.2, 0) is 20.7 Å². The Balaban J connectivity index is 2.50. The van der Waals surface area contributed by atoms with Gasteiger partial charge in [-0.15, -0.1) is 0 Å². The predicted molar refractivity (Wildman–Crippen MR) is 77.5 cm³/mol. The summed E-state index contributed by atoms with van der Waals surface area (Å²) in [5.74, 6) is 0.476. The lowest BCUT2D eigenvalue weighted by Crippen LogP contribution is -2.34. The molecule has 1 aromatic carbocycles. The maximum absolute atomic E-state index is 11.4. The quantitative estimate of drug-likeness (QED) is 0.446. The number of likely N-dealkylation sites (N-methyl/N-ethyl adjacent to an activating group) is 1. The van der Waals surface area contributed by atoms with Crippen molar-refractivity contribution < 1.29 is 23.8 Å². The lowest BCUT2D eigenvalue weighted by Gasteiger charge is -2.12. The van der Waals surface area contributed by atoms with Crippen LogP contribution in [0.5, 0.6) is 5.75 Å². The first-order valence-corrected chi connectivity index (χ1v) is 6.67. The van der Waals surface area contributed by atoms with E-state index in [4.69, 9.17) is 14.2 Å². The monoisotopic (exact) mass is 295 g/mol. The van der Waals surface area contributed by atoms with Gasteiger partial charge in [-0.05, 0) is 38.1 Å². The molecule has 1 atom stereocenters. The molecule has 0 aliphatic carbocycles. The molecule has 6 nitrogen and oxygen atoms in total. The second-order valence-corrected chi connectivity index (χ2v) is 4.49. The Hall–Kier alpha value is -1.92. The maximum Gasteiger partial charge on any atom is 0.513 e. The second kappa shape index (κ2) is 9.10. The average Bonchev–Trinajstić information content (AvgIpc) is 2.46. The van der Waals surface area contributed by atoms with E-state index in [2.05, 4.69) is 5.32 Å². The van der Waals surface area contributed by atoms with E-state index < -0.39 is 6.16 Å². The number of rotatable bonds is 8. The standard InChI is InChI=1S/C15H21NO5/c1-11(17)14(16-2)10-12-4-6-13(7-5-12)21-15(18)20-9-8-19-3/h4-7,14,16H,8-10H2,1-3H3/t14-/m0/s1. The number of carbonyl (C=O) groups excluding carboxylic acids is 2. The summed E-state index contributed by atoms with van der Waals surface area (Å²) in [5, 5.41) is 2.96. The molecule has 0 aliphatic rings. The Morgan fingerprint density at radius 1 is 1.19 bits per heavy atom. The molecule has 0 radical (unpaired) electrons. The number of ketones is 1. The fraction of sp³-hybridized carbons (Fsp3) is 0.467. The molecular formula is C15H21NO5. The molecule has 0 aliphatic heterocycles. The highest BCUT2D eigenvalue weighted by molar-refractivity contribution is 5.81. The highest BCUT2D eigenvalue weighted by Crippen LogP contribution is 2.14. The van der Waals surface area contributed by atoms with Crippen LogP contribution in [0.3, 0.4) is 0 Å². The van der Waals surface area contributed by atoms with Gasteiger partial charge in [0.1, 0.15) is 18.1 Å². The van der Waals surface area contributed by atoms with Crippen LogP contribution in [0.4, 0.5) is 4.79 Å². The van der Waals surface area contributed by atoms with Gasteiger partial charge >= 0.3 is 6.16 Å². The van der Waals surface area contributed by atoms with Crippen molar-refractivity contribution in [2.75, 3.05) is 27.4 Å². The zero-order chi connectivity index (χ0) is 15.7. The molecule has 1 aromatic rings. The van der Waals surface area contributed by atoms with Gasteiger partial charge in [-0.2, -0.15) is 0 Å². The Labute approximate surface area is 124 Å². The number of carbonyl (C=O) groups is 2. The number of hydrogen-bond donors (Lipinski definition) is 1. The van der Waals surface area contributed by atoms with Gasteiger partial charge in [0.25, 0.3) is 0 Å². The number of methoxy groups -OCH3 is 1. The Kier molecular flexibility index (Phi) is 7.42. The molecule has 116 valence electrons. The number of benzene rings is 1. The van der Waals surface area contributed by atoms with Crippen LogP contribution in [0.15, 0.2) is 24.3 Å². The zero-order valence-corrected chi connectivity index (χ0v) is 12.5. The van der Waals surface area contributed by atoms with Crippen molar-refractivity contribution in [3.8, 4) is 5.75 Å². The summed E-state index contributed by atoms with van der Waals surface area (Å²) in [4.78, 5) is 22.7. The summed E-state index contributed by atoms with van der Waals surface area (Å²) in [5.41, 5.74) is 0.977. The summed E-state index contributed by atoms with van der Waals surface area (Å²) >= 11 is 0. The summed E-state index contributed by atoms with van der Waals surface area (Å²) < 4.78 is 14.5. The van der Waals surface area contributed by atoms with E-state index in [-0.39, 0.29) is 18.4 Å². The third-order valence-electron chi connectivity index (χ3n) is 2.91. The molecule has 0 unspecified atom stereocenters. The van der Waals surface area contributed by atoms with Crippen LogP contribution in [0.25, 0.3) is 0 Å². The molecule has 6 heteroatoms. The van der Waals surface area contributed by atoms with E-state index in [1.165, 1.54) is 7.11 Å². The molecule has 0 amide bonds.